The number of anilines is 1. The van der Waals surface area contributed by atoms with E-state index in [9.17, 15) is 4.79 Å². The van der Waals surface area contributed by atoms with Gasteiger partial charge in [0.05, 0.1) is 26.9 Å². The van der Waals surface area contributed by atoms with Crippen LogP contribution in [0.25, 0.3) is 15.7 Å². The summed E-state index contributed by atoms with van der Waals surface area (Å²) in [6.45, 7) is 1.87. The fourth-order valence-corrected chi connectivity index (χ4v) is 4.60. The third kappa shape index (κ3) is 3.84. The summed E-state index contributed by atoms with van der Waals surface area (Å²) >= 11 is 12.6. The number of carbonyl (C=O) groups excluding carboxylic acids is 1. The van der Waals surface area contributed by atoms with Crippen molar-refractivity contribution in [3.63, 3.8) is 0 Å². The smallest absolute Gasteiger partial charge is 0.258 e. The molecule has 27 heavy (non-hydrogen) atoms. The van der Waals surface area contributed by atoms with Crippen LogP contribution in [0.2, 0.25) is 5.02 Å². The van der Waals surface area contributed by atoms with Crippen LogP contribution in [-0.4, -0.2) is 20.7 Å². The largest absolute Gasteiger partial charge is 0.306 e. The second-order valence-electron chi connectivity index (χ2n) is 5.65. The maximum Gasteiger partial charge on any atom is 0.258 e. The summed E-state index contributed by atoms with van der Waals surface area (Å²) < 4.78 is 2.42. The molecule has 4 aromatic rings. The molecule has 0 bridgehead atoms. The molecule has 3 heterocycles. The minimum absolute atomic E-state index is 0.308. The number of hydrogen-bond donors (Lipinski definition) is 1. The Bertz CT molecular complexity index is 1120. The van der Waals surface area contributed by atoms with Gasteiger partial charge in [0.1, 0.15) is 5.82 Å². The summed E-state index contributed by atoms with van der Waals surface area (Å²) in [5.41, 5.74) is 2.05. The van der Waals surface area contributed by atoms with Crippen molar-refractivity contribution in [2.24, 2.45) is 0 Å². The van der Waals surface area contributed by atoms with Gasteiger partial charge >= 0.3 is 0 Å². The summed E-state index contributed by atoms with van der Waals surface area (Å²) in [6, 6.07) is 11.0. The van der Waals surface area contributed by atoms with E-state index in [1.165, 1.54) is 11.3 Å². The molecule has 0 saturated heterocycles. The molecule has 1 N–H and O–H groups in total. The van der Waals surface area contributed by atoms with Gasteiger partial charge in [-0.2, -0.15) is 9.78 Å². The average molecular weight is 480 g/mol. The highest BCUT2D eigenvalue weighted by atomic mass is 79.9. The molecule has 0 fully saturated rings. The van der Waals surface area contributed by atoms with Gasteiger partial charge in [0, 0.05) is 15.9 Å². The lowest BCUT2D eigenvalue weighted by atomic mass is 10.2. The first-order valence-corrected chi connectivity index (χ1v) is 10.8. The highest BCUT2D eigenvalue weighted by Crippen LogP contribution is 2.29. The molecule has 0 unspecified atom stereocenters. The summed E-state index contributed by atoms with van der Waals surface area (Å²) in [7, 11) is 0. The molecular formula is C18H12BrClN4OS2. The molecule has 0 atom stereocenters. The molecule has 0 aliphatic heterocycles. The average Bonchev–Trinajstić information content (AvgIpc) is 3.37. The second kappa shape index (κ2) is 7.55. The van der Waals surface area contributed by atoms with Crippen LogP contribution in [0, 0.1) is 6.92 Å². The van der Waals surface area contributed by atoms with Crippen LogP contribution >= 0.6 is 50.2 Å². The van der Waals surface area contributed by atoms with E-state index in [4.69, 9.17) is 11.6 Å². The Labute approximate surface area is 176 Å². The third-order valence-corrected chi connectivity index (χ3v) is 6.22. The number of carbonyl (C=O) groups is 1. The van der Waals surface area contributed by atoms with Gasteiger partial charge in [-0.25, -0.2) is 4.98 Å². The fraction of sp³-hybridized carbons (Fsp3) is 0.0556. The summed E-state index contributed by atoms with van der Waals surface area (Å²) in [5, 5.41) is 12.4. The van der Waals surface area contributed by atoms with Crippen molar-refractivity contribution >= 4 is 61.9 Å². The van der Waals surface area contributed by atoms with Crippen molar-refractivity contribution in [1.29, 1.82) is 0 Å². The number of halogens is 2. The lowest BCUT2D eigenvalue weighted by Crippen LogP contribution is -2.15. The normalized spacial score (nSPS) is 10.9. The third-order valence-electron chi connectivity index (χ3n) is 3.69. The number of rotatable bonds is 4. The fourth-order valence-electron chi connectivity index (χ4n) is 2.49. The number of thiophene rings is 1. The quantitative estimate of drug-likeness (QED) is 0.388. The molecule has 1 amide bonds. The standard InChI is InChI=1S/C18H12BrClN4OS2/c1-10-7-16(22-17(25)12-8-11(19)4-5-13(12)20)24(23-10)18-21-14(9-27-18)15-3-2-6-26-15/h2-9H,1H3,(H,22,25). The van der Waals surface area contributed by atoms with Gasteiger partial charge in [-0.05, 0) is 36.6 Å². The number of thiazole rings is 1. The number of nitrogens with zero attached hydrogens (tertiary/aromatic N) is 3. The number of hydrogen-bond acceptors (Lipinski definition) is 5. The van der Waals surface area contributed by atoms with E-state index in [1.54, 1.807) is 40.3 Å². The van der Waals surface area contributed by atoms with Crippen molar-refractivity contribution in [3.8, 4) is 15.7 Å². The minimum Gasteiger partial charge on any atom is -0.306 e. The van der Waals surface area contributed by atoms with Crippen LogP contribution in [0.15, 0.2) is 51.6 Å². The van der Waals surface area contributed by atoms with Gasteiger partial charge < -0.3 is 5.32 Å². The van der Waals surface area contributed by atoms with Gasteiger partial charge in [0.15, 0.2) is 0 Å². The zero-order valence-corrected chi connectivity index (χ0v) is 17.9. The molecule has 0 radical (unpaired) electrons. The Kier molecular flexibility index (Phi) is 5.14. The molecule has 0 saturated carbocycles. The summed E-state index contributed by atoms with van der Waals surface area (Å²) in [6.07, 6.45) is 0. The topological polar surface area (TPSA) is 59.8 Å². The van der Waals surface area contributed by atoms with Gasteiger partial charge in [-0.3, -0.25) is 4.79 Å². The monoisotopic (exact) mass is 478 g/mol. The van der Waals surface area contributed by atoms with Gasteiger partial charge in [-0.1, -0.05) is 33.6 Å². The van der Waals surface area contributed by atoms with E-state index < -0.39 is 0 Å². The maximum atomic E-state index is 12.7. The summed E-state index contributed by atoms with van der Waals surface area (Å²) in [5.74, 6) is 0.234. The Balaban J connectivity index is 1.66. The lowest BCUT2D eigenvalue weighted by molar-refractivity contribution is 0.102. The second-order valence-corrected chi connectivity index (χ2v) is 8.76. The zero-order valence-electron chi connectivity index (χ0n) is 13.9. The Hall–Kier alpha value is -2.00. The van der Waals surface area contributed by atoms with E-state index in [1.807, 2.05) is 29.8 Å². The molecule has 136 valence electrons. The lowest BCUT2D eigenvalue weighted by Gasteiger charge is -2.08. The highest BCUT2D eigenvalue weighted by Gasteiger charge is 2.17. The van der Waals surface area contributed by atoms with E-state index in [2.05, 4.69) is 31.3 Å². The van der Waals surface area contributed by atoms with Gasteiger partial charge in [0.25, 0.3) is 5.91 Å². The van der Waals surface area contributed by atoms with E-state index in [0.717, 1.165) is 20.7 Å². The molecule has 5 nitrogen and oxygen atoms in total. The molecule has 9 heteroatoms. The van der Waals surface area contributed by atoms with Crippen LogP contribution in [0.4, 0.5) is 5.82 Å². The van der Waals surface area contributed by atoms with Crippen molar-refractivity contribution in [2.45, 2.75) is 6.92 Å². The Morgan fingerprint density at radius 3 is 2.89 bits per heavy atom. The van der Waals surface area contributed by atoms with Crippen LogP contribution in [0.3, 0.4) is 0 Å². The Morgan fingerprint density at radius 2 is 2.11 bits per heavy atom. The SMILES string of the molecule is Cc1cc(NC(=O)c2cc(Br)ccc2Cl)n(-c2nc(-c3cccs3)cs2)n1. The van der Waals surface area contributed by atoms with E-state index >= 15 is 0 Å². The number of aromatic nitrogens is 3. The molecule has 0 aliphatic rings. The van der Waals surface area contributed by atoms with Crippen molar-refractivity contribution in [1.82, 2.24) is 14.8 Å². The van der Waals surface area contributed by atoms with Crippen LogP contribution in [0.5, 0.6) is 0 Å². The predicted octanol–water partition coefficient (Wildman–Crippen LogP) is 6.03. The van der Waals surface area contributed by atoms with Crippen LogP contribution in [-0.2, 0) is 0 Å². The molecular weight excluding hydrogens is 468 g/mol. The van der Waals surface area contributed by atoms with Gasteiger partial charge in [-0.15, -0.1) is 22.7 Å². The van der Waals surface area contributed by atoms with Gasteiger partial charge in [0.2, 0.25) is 5.13 Å². The number of nitrogens with one attached hydrogen (secondary N) is 1. The predicted molar refractivity (Wildman–Crippen MR) is 114 cm³/mol. The highest BCUT2D eigenvalue weighted by molar-refractivity contribution is 9.10. The molecule has 3 aromatic heterocycles. The zero-order chi connectivity index (χ0) is 19.0. The molecule has 0 spiro atoms. The maximum absolute atomic E-state index is 12.7. The molecule has 0 aliphatic carbocycles. The van der Waals surface area contributed by atoms with Crippen molar-refractivity contribution in [3.05, 3.63) is 67.9 Å². The first-order valence-electron chi connectivity index (χ1n) is 7.84. The Morgan fingerprint density at radius 1 is 1.26 bits per heavy atom. The van der Waals surface area contributed by atoms with Crippen LogP contribution in [0.1, 0.15) is 16.1 Å². The van der Waals surface area contributed by atoms with Crippen LogP contribution < -0.4 is 5.32 Å². The van der Waals surface area contributed by atoms with Crippen molar-refractivity contribution in [2.75, 3.05) is 5.32 Å². The van der Waals surface area contributed by atoms with Crippen molar-refractivity contribution < 1.29 is 4.79 Å². The molecule has 1 aromatic carbocycles. The minimum atomic E-state index is -0.308. The molecule has 4 rings (SSSR count). The number of amides is 1. The number of benzene rings is 1. The first-order chi connectivity index (χ1) is 13.0. The number of aryl methyl sites for hydroxylation is 1. The van der Waals surface area contributed by atoms with E-state index in [-0.39, 0.29) is 5.91 Å². The summed E-state index contributed by atoms with van der Waals surface area (Å²) in [4.78, 5) is 18.4. The first kappa shape index (κ1) is 18.4. The van der Waals surface area contributed by atoms with E-state index in [0.29, 0.717) is 21.5 Å².